The van der Waals surface area contributed by atoms with E-state index >= 15 is 0 Å². The van der Waals surface area contributed by atoms with Crippen LogP contribution in [0.1, 0.15) is 49.3 Å². The SMILES string of the molecule is CNC1c2cc(OCCC(F)(F)F)ccc2C[C@]12CC[C@@H](OC)CC2. The molecule has 1 N–H and O–H groups in total. The molecule has 3 rings (SSSR count). The Balaban J connectivity index is 1.72. The van der Waals surface area contributed by atoms with E-state index < -0.39 is 12.6 Å². The maximum absolute atomic E-state index is 12.3. The number of hydrogen-bond acceptors (Lipinski definition) is 3. The molecule has 2 aliphatic carbocycles. The highest BCUT2D eigenvalue weighted by atomic mass is 19.4. The van der Waals surface area contributed by atoms with Crippen molar-refractivity contribution in [2.75, 3.05) is 20.8 Å². The van der Waals surface area contributed by atoms with E-state index in [4.69, 9.17) is 9.47 Å². The lowest BCUT2D eigenvalue weighted by atomic mass is 9.68. The van der Waals surface area contributed by atoms with Gasteiger partial charge in [0.25, 0.3) is 0 Å². The number of ether oxygens (including phenoxy) is 2. The van der Waals surface area contributed by atoms with Crippen molar-refractivity contribution in [2.45, 2.75) is 56.8 Å². The van der Waals surface area contributed by atoms with Crippen molar-refractivity contribution < 1.29 is 22.6 Å². The first-order valence-corrected chi connectivity index (χ1v) is 8.89. The zero-order chi connectivity index (χ0) is 18.1. The Labute approximate surface area is 146 Å². The highest BCUT2D eigenvalue weighted by Crippen LogP contribution is 2.54. The van der Waals surface area contributed by atoms with Crippen LogP contribution >= 0.6 is 0 Å². The lowest BCUT2D eigenvalue weighted by molar-refractivity contribution is -0.139. The van der Waals surface area contributed by atoms with Crippen LogP contribution in [0.2, 0.25) is 0 Å². The van der Waals surface area contributed by atoms with E-state index in [1.54, 1.807) is 13.2 Å². The minimum atomic E-state index is -4.19. The summed E-state index contributed by atoms with van der Waals surface area (Å²) in [6, 6.07) is 5.94. The van der Waals surface area contributed by atoms with E-state index in [9.17, 15) is 13.2 Å². The average Bonchev–Trinajstić information content (AvgIpc) is 2.86. The first-order valence-electron chi connectivity index (χ1n) is 8.89. The van der Waals surface area contributed by atoms with Crippen molar-refractivity contribution >= 4 is 0 Å². The van der Waals surface area contributed by atoms with Gasteiger partial charge < -0.3 is 14.8 Å². The number of hydrogen-bond donors (Lipinski definition) is 1. The monoisotopic (exact) mass is 357 g/mol. The molecule has 2 aliphatic rings. The van der Waals surface area contributed by atoms with E-state index in [0.717, 1.165) is 32.1 Å². The predicted molar refractivity (Wildman–Crippen MR) is 89.8 cm³/mol. The molecular weight excluding hydrogens is 331 g/mol. The summed E-state index contributed by atoms with van der Waals surface area (Å²) < 4.78 is 47.7. The molecule has 1 aromatic carbocycles. The maximum Gasteiger partial charge on any atom is 0.392 e. The minimum Gasteiger partial charge on any atom is -0.493 e. The van der Waals surface area contributed by atoms with Crippen molar-refractivity contribution in [3.63, 3.8) is 0 Å². The Hall–Kier alpha value is -1.27. The van der Waals surface area contributed by atoms with Gasteiger partial charge in [0, 0.05) is 13.2 Å². The molecule has 0 heterocycles. The Morgan fingerprint density at radius 3 is 2.56 bits per heavy atom. The van der Waals surface area contributed by atoms with Crippen LogP contribution in [-0.4, -0.2) is 33.0 Å². The quantitative estimate of drug-likeness (QED) is 0.847. The fraction of sp³-hybridized carbons (Fsp3) is 0.684. The summed E-state index contributed by atoms with van der Waals surface area (Å²) in [7, 11) is 3.73. The van der Waals surface area contributed by atoms with Gasteiger partial charge in [-0.3, -0.25) is 0 Å². The van der Waals surface area contributed by atoms with Crippen molar-refractivity contribution in [3.8, 4) is 5.75 Å². The molecule has 0 aromatic heterocycles. The fourth-order valence-electron chi connectivity index (χ4n) is 4.52. The van der Waals surface area contributed by atoms with Gasteiger partial charge in [-0.2, -0.15) is 13.2 Å². The summed E-state index contributed by atoms with van der Waals surface area (Å²) in [5, 5.41) is 3.44. The van der Waals surface area contributed by atoms with Crippen molar-refractivity contribution in [1.29, 1.82) is 0 Å². The molecule has 1 atom stereocenters. The molecule has 25 heavy (non-hydrogen) atoms. The molecule has 0 amide bonds. The highest BCUT2D eigenvalue weighted by Gasteiger charge is 2.47. The minimum absolute atomic E-state index is 0.177. The lowest BCUT2D eigenvalue weighted by Crippen LogP contribution is -2.38. The van der Waals surface area contributed by atoms with Crippen LogP contribution < -0.4 is 10.1 Å². The number of methoxy groups -OCH3 is 1. The van der Waals surface area contributed by atoms with Crippen molar-refractivity contribution in [3.05, 3.63) is 29.3 Å². The highest BCUT2D eigenvalue weighted by molar-refractivity contribution is 5.43. The van der Waals surface area contributed by atoms with E-state index in [1.807, 2.05) is 19.2 Å². The van der Waals surface area contributed by atoms with Crippen LogP contribution in [-0.2, 0) is 11.2 Å². The first kappa shape index (κ1) is 18.5. The van der Waals surface area contributed by atoms with Gasteiger partial charge in [0.2, 0.25) is 0 Å². The van der Waals surface area contributed by atoms with Crippen LogP contribution in [0.3, 0.4) is 0 Å². The second-order valence-corrected chi connectivity index (χ2v) is 7.27. The summed E-state index contributed by atoms with van der Waals surface area (Å²) in [6.45, 7) is -0.340. The van der Waals surface area contributed by atoms with E-state index in [0.29, 0.717) is 11.9 Å². The van der Waals surface area contributed by atoms with E-state index in [1.165, 1.54) is 11.1 Å². The zero-order valence-electron chi connectivity index (χ0n) is 14.8. The summed E-state index contributed by atoms with van der Waals surface area (Å²) >= 11 is 0. The summed E-state index contributed by atoms with van der Waals surface area (Å²) in [5.41, 5.74) is 2.62. The molecule has 140 valence electrons. The third kappa shape index (κ3) is 3.95. The van der Waals surface area contributed by atoms with Gasteiger partial charge in [-0.15, -0.1) is 0 Å². The summed E-state index contributed by atoms with van der Waals surface area (Å²) in [5.74, 6) is 0.519. The molecule has 1 fully saturated rings. The van der Waals surface area contributed by atoms with Crippen molar-refractivity contribution in [2.24, 2.45) is 5.41 Å². The van der Waals surface area contributed by atoms with Gasteiger partial charge in [-0.05, 0) is 67.8 Å². The van der Waals surface area contributed by atoms with Gasteiger partial charge in [-0.25, -0.2) is 0 Å². The standard InChI is InChI=1S/C19H26F3NO2/c1-23-17-16-11-15(25-10-9-19(20,21)22)4-3-13(16)12-18(17)7-5-14(24-2)6-8-18/h3-4,11,14,17,23H,5-10,12H2,1-2H3/t14-,17?,18-. The van der Waals surface area contributed by atoms with Gasteiger partial charge in [0.15, 0.2) is 0 Å². The molecule has 1 spiro atoms. The average molecular weight is 357 g/mol. The van der Waals surface area contributed by atoms with Gasteiger partial charge in [0.05, 0.1) is 19.1 Å². The number of halogens is 3. The van der Waals surface area contributed by atoms with Crippen LogP contribution in [0.4, 0.5) is 13.2 Å². The van der Waals surface area contributed by atoms with Crippen LogP contribution in [0, 0.1) is 5.41 Å². The molecule has 0 radical (unpaired) electrons. The lowest BCUT2D eigenvalue weighted by Gasteiger charge is -2.41. The fourth-order valence-corrected chi connectivity index (χ4v) is 4.52. The smallest absolute Gasteiger partial charge is 0.392 e. The molecule has 1 unspecified atom stereocenters. The summed E-state index contributed by atoms with van der Waals surface area (Å²) in [4.78, 5) is 0. The largest absolute Gasteiger partial charge is 0.493 e. The Morgan fingerprint density at radius 1 is 1.24 bits per heavy atom. The number of fused-ring (bicyclic) bond motifs is 1. The zero-order valence-corrected chi connectivity index (χ0v) is 14.8. The van der Waals surface area contributed by atoms with Crippen LogP contribution in [0.5, 0.6) is 5.75 Å². The molecule has 0 saturated heterocycles. The number of alkyl halides is 3. The number of rotatable bonds is 5. The number of benzene rings is 1. The Kier molecular flexibility index (Phi) is 5.30. The predicted octanol–water partition coefficient (Wildman–Crippen LogP) is 4.41. The normalized spacial score (nSPS) is 29.0. The molecular formula is C19H26F3NO2. The first-order chi connectivity index (χ1) is 11.9. The third-order valence-corrected chi connectivity index (χ3v) is 5.79. The second kappa shape index (κ2) is 7.16. The van der Waals surface area contributed by atoms with Gasteiger partial charge in [-0.1, -0.05) is 6.07 Å². The summed E-state index contributed by atoms with van der Waals surface area (Å²) in [6.07, 6.45) is 0.526. The van der Waals surface area contributed by atoms with Gasteiger partial charge >= 0.3 is 6.18 Å². The van der Waals surface area contributed by atoms with Crippen LogP contribution in [0.15, 0.2) is 18.2 Å². The molecule has 1 saturated carbocycles. The number of nitrogens with one attached hydrogen (secondary N) is 1. The molecule has 3 nitrogen and oxygen atoms in total. The Bertz CT molecular complexity index is 595. The van der Waals surface area contributed by atoms with E-state index in [-0.39, 0.29) is 18.1 Å². The third-order valence-electron chi connectivity index (χ3n) is 5.79. The van der Waals surface area contributed by atoms with E-state index in [2.05, 4.69) is 5.32 Å². The molecule has 6 heteroatoms. The van der Waals surface area contributed by atoms with Gasteiger partial charge in [0.1, 0.15) is 5.75 Å². The van der Waals surface area contributed by atoms with Crippen molar-refractivity contribution in [1.82, 2.24) is 5.32 Å². The Morgan fingerprint density at radius 2 is 1.96 bits per heavy atom. The maximum atomic E-state index is 12.3. The molecule has 0 aliphatic heterocycles. The second-order valence-electron chi connectivity index (χ2n) is 7.27. The van der Waals surface area contributed by atoms with Crippen LogP contribution in [0.25, 0.3) is 0 Å². The molecule has 1 aromatic rings. The topological polar surface area (TPSA) is 30.5 Å². The molecule has 0 bridgehead atoms.